The maximum absolute atomic E-state index is 13.0. The van der Waals surface area contributed by atoms with Gasteiger partial charge >= 0.3 is 6.18 Å². The molecule has 4 heterocycles. The topological polar surface area (TPSA) is 68.8 Å². The molecule has 1 spiro atoms. The van der Waals surface area contributed by atoms with Crippen LogP contribution in [0.2, 0.25) is 0 Å². The molecule has 0 amide bonds. The standard InChI is InChI=1S/C15H16F3N5.C2H6/c16-15(17,18)10-5-9(7-21-13(10)19)11-6-12-14(1-3-20-8-14)2-4-23(12)22-11;1-2/h5-7,20H,1-4,8H2,(H2,19,21);1-2H3. The molecule has 3 N–H and O–H groups in total. The summed E-state index contributed by atoms with van der Waals surface area (Å²) in [7, 11) is 0. The van der Waals surface area contributed by atoms with Gasteiger partial charge in [0.1, 0.15) is 5.82 Å². The van der Waals surface area contributed by atoms with Gasteiger partial charge in [0.2, 0.25) is 0 Å². The van der Waals surface area contributed by atoms with Crippen LogP contribution >= 0.6 is 0 Å². The zero-order valence-corrected chi connectivity index (χ0v) is 14.3. The average Bonchev–Trinajstić information content (AvgIpc) is 3.28. The number of pyridine rings is 1. The lowest BCUT2D eigenvalue weighted by Crippen LogP contribution is -2.25. The quantitative estimate of drug-likeness (QED) is 0.826. The first kappa shape index (κ1) is 17.7. The highest BCUT2D eigenvalue weighted by atomic mass is 19.4. The molecular formula is C17H22F3N5. The summed E-state index contributed by atoms with van der Waals surface area (Å²) in [6.45, 7) is 6.65. The molecule has 1 saturated heterocycles. The number of hydrogen-bond donors (Lipinski definition) is 2. The molecule has 2 aliphatic rings. The summed E-state index contributed by atoms with van der Waals surface area (Å²) in [4.78, 5) is 3.69. The second kappa shape index (κ2) is 6.33. The predicted octanol–water partition coefficient (Wildman–Crippen LogP) is 3.21. The van der Waals surface area contributed by atoms with Crippen molar-refractivity contribution in [2.45, 2.75) is 44.8 Å². The van der Waals surface area contributed by atoms with Gasteiger partial charge < -0.3 is 11.1 Å². The maximum Gasteiger partial charge on any atom is 0.419 e. The Bertz CT molecular complexity index is 760. The minimum atomic E-state index is -4.52. The summed E-state index contributed by atoms with van der Waals surface area (Å²) in [5.41, 5.74) is 6.47. The molecule has 0 aliphatic carbocycles. The first-order chi connectivity index (χ1) is 11.9. The van der Waals surface area contributed by atoms with Crippen molar-refractivity contribution in [1.82, 2.24) is 20.1 Å². The summed E-state index contributed by atoms with van der Waals surface area (Å²) < 4.78 is 40.9. The van der Waals surface area contributed by atoms with Crippen molar-refractivity contribution in [3.63, 3.8) is 0 Å². The lowest BCUT2D eigenvalue weighted by Gasteiger charge is -2.20. The van der Waals surface area contributed by atoms with E-state index in [4.69, 9.17) is 5.73 Å². The van der Waals surface area contributed by atoms with Gasteiger partial charge in [0, 0.05) is 36.0 Å². The molecule has 5 nitrogen and oxygen atoms in total. The Morgan fingerprint density at radius 2 is 2.00 bits per heavy atom. The number of halogens is 3. The Morgan fingerprint density at radius 3 is 2.64 bits per heavy atom. The summed E-state index contributed by atoms with van der Waals surface area (Å²) in [5, 5.41) is 7.84. The van der Waals surface area contributed by atoms with Crippen molar-refractivity contribution in [3.05, 3.63) is 29.6 Å². The van der Waals surface area contributed by atoms with E-state index in [-0.39, 0.29) is 5.41 Å². The molecule has 2 aromatic heterocycles. The van der Waals surface area contributed by atoms with Crippen molar-refractivity contribution < 1.29 is 13.2 Å². The van der Waals surface area contributed by atoms with Gasteiger partial charge in [-0.3, -0.25) is 4.68 Å². The number of nitrogens with one attached hydrogen (secondary N) is 1. The Hall–Kier alpha value is -2.09. The molecule has 1 unspecified atom stereocenters. The van der Waals surface area contributed by atoms with E-state index in [0.717, 1.165) is 44.2 Å². The summed E-state index contributed by atoms with van der Waals surface area (Å²) >= 11 is 0. The van der Waals surface area contributed by atoms with Crippen LogP contribution in [0.5, 0.6) is 0 Å². The van der Waals surface area contributed by atoms with Crippen LogP contribution in [0.3, 0.4) is 0 Å². The van der Waals surface area contributed by atoms with E-state index in [1.165, 1.54) is 6.20 Å². The van der Waals surface area contributed by atoms with E-state index >= 15 is 0 Å². The van der Waals surface area contributed by atoms with Crippen LogP contribution in [0.25, 0.3) is 11.3 Å². The molecule has 0 radical (unpaired) electrons. The molecule has 8 heteroatoms. The smallest absolute Gasteiger partial charge is 0.383 e. The van der Waals surface area contributed by atoms with E-state index in [9.17, 15) is 13.2 Å². The first-order valence-electron chi connectivity index (χ1n) is 8.51. The molecule has 25 heavy (non-hydrogen) atoms. The predicted molar refractivity (Wildman–Crippen MR) is 90.0 cm³/mol. The number of hydrogen-bond acceptors (Lipinski definition) is 4. The molecular weight excluding hydrogens is 331 g/mol. The largest absolute Gasteiger partial charge is 0.419 e. The highest BCUT2D eigenvalue weighted by Crippen LogP contribution is 2.42. The number of alkyl halides is 3. The fraction of sp³-hybridized carbons (Fsp3) is 0.529. The van der Waals surface area contributed by atoms with Gasteiger partial charge in [-0.2, -0.15) is 18.3 Å². The van der Waals surface area contributed by atoms with Crippen molar-refractivity contribution in [1.29, 1.82) is 0 Å². The van der Waals surface area contributed by atoms with Gasteiger partial charge in [0.25, 0.3) is 0 Å². The summed E-state index contributed by atoms with van der Waals surface area (Å²) in [6.07, 6.45) is -1.11. The number of nitrogen functional groups attached to an aromatic ring is 1. The molecule has 0 aromatic carbocycles. The van der Waals surface area contributed by atoms with Gasteiger partial charge in [0.15, 0.2) is 0 Å². The molecule has 2 aliphatic heterocycles. The minimum absolute atomic E-state index is 0.0688. The highest BCUT2D eigenvalue weighted by Gasteiger charge is 2.43. The van der Waals surface area contributed by atoms with Crippen LogP contribution in [-0.4, -0.2) is 27.9 Å². The van der Waals surface area contributed by atoms with E-state index < -0.39 is 17.6 Å². The van der Waals surface area contributed by atoms with Gasteiger partial charge in [-0.1, -0.05) is 13.8 Å². The second-order valence-corrected chi connectivity index (χ2v) is 6.25. The monoisotopic (exact) mass is 353 g/mol. The Labute approximate surface area is 144 Å². The normalized spacial score (nSPS) is 22.0. The number of aryl methyl sites for hydroxylation is 1. The Kier molecular flexibility index (Phi) is 4.49. The summed E-state index contributed by atoms with van der Waals surface area (Å²) in [5.74, 6) is -0.510. The third kappa shape index (κ3) is 2.99. The maximum atomic E-state index is 13.0. The number of aromatic nitrogens is 3. The highest BCUT2D eigenvalue weighted by molar-refractivity contribution is 5.63. The number of anilines is 1. The number of fused-ring (bicyclic) bond motifs is 2. The number of nitrogens with two attached hydrogens (primary N) is 1. The van der Waals surface area contributed by atoms with Gasteiger partial charge in [-0.15, -0.1) is 0 Å². The number of nitrogens with zero attached hydrogens (tertiary/aromatic N) is 3. The number of rotatable bonds is 1. The third-order valence-corrected chi connectivity index (χ3v) is 4.89. The van der Waals surface area contributed by atoms with Crippen molar-refractivity contribution in [3.8, 4) is 11.3 Å². The lowest BCUT2D eigenvalue weighted by molar-refractivity contribution is -0.137. The zero-order chi connectivity index (χ0) is 18.2. The molecule has 136 valence electrons. The van der Waals surface area contributed by atoms with Gasteiger partial charge in [-0.25, -0.2) is 4.98 Å². The molecule has 0 bridgehead atoms. The van der Waals surface area contributed by atoms with Crippen LogP contribution in [0, 0.1) is 0 Å². The molecule has 1 atom stereocenters. The van der Waals surface area contributed by atoms with Crippen LogP contribution in [0.4, 0.5) is 19.0 Å². The molecule has 0 saturated carbocycles. The Morgan fingerprint density at radius 1 is 1.24 bits per heavy atom. The van der Waals surface area contributed by atoms with Crippen LogP contribution in [0.15, 0.2) is 18.3 Å². The van der Waals surface area contributed by atoms with Crippen LogP contribution in [0.1, 0.15) is 37.9 Å². The van der Waals surface area contributed by atoms with Gasteiger partial charge in [-0.05, 0) is 31.5 Å². The van der Waals surface area contributed by atoms with Crippen molar-refractivity contribution in [2.75, 3.05) is 18.8 Å². The van der Waals surface area contributed by atoms with Crippen molar-refractivity contribution in [2.24, 2.45) is 0 Å². The molecule has 1 fully saturated rings. The zero-order valence-electron chi connectivity index (χ0n) is 14.3. The minimum Gasteiger partial charge on any atom is -0.383 e. The van der Waals surface area contributed by atoms with E-state index in [2.05, 4.69) is 15.4 Å². The fourth-order valence-corrected chi connectivity index (χ4v) is 3.62. The fourth-order valence-electron chi connectivity index (χ4n) is 3.62. The van der Waals surface area contributed by atoms with E-state index in [1.54, 1.807) is 0 Å². The molecule has 4 rings (SSSR count). The first-order valence-corrected chi connectivity index (χ1v) is 8.51. The van der Waals surface area contributed by atoms with E-state index in [0.29, 0.717) is 11.3 Å². The second-order valence-electron chi connectivity index (χ2n) is 6.25. The summed E-state index contributed by atoms with van der Waals surface area (Å²) in [6, 6.07) is 2.92. The Balaban J connectivity index is 0.000000880. The van der Waals surface area contributed by atoms with E-state index in [1.807, 2.05) is 24.6 Å². The van der Waals surface area contributed by atoms with Gasteiger partial charge in [0.05, 0.1) is 11.3 Å². The average molecular weight is 353 g/mol. The lowest BCUT2D eigenvalue weighted by atomic mass is 9.82. The third-order valence-electron chi connectivity index (χ3n) is 4.89. The van der Waals surface area contributed by atoms with Crippen molar-refractivity contribution >= 4 is 5.82 Å². The molecule has 2 aromatic rings. The van der Waals surface area contributed by atoms with Crippen LogP contribution < -0.4 is 11.1 Å². The SMILES string of the molecule is CC.Nc1ncc(-c2cc3n(n2)CCC32CCNC2)cc1C(F)(F)F. The van der Waals surface area contributed by atoms with Crippen LogP contribution in [-0.2, 0) is 18.1 Å².